The van der Waals surface area contributed by atoms with E-state index in [1.165, 1.54) is 24.3 Å². The van der Waals surface area contributed by atoms with Gasteiger partial charge in [0.15, 0.2) is 0 Å². The number of nitrogens with zero attached hydrogens (tertiary/aromatic N) is 5. The first kappa shape index (κ1) is 16.9. The van der Waals surface area contributed by atoms with Gasteiger partial charge in [-0.3, -0.25) is 4.79 Å². The third-order valence-electron chi connectivity index (χ3n) is 5.56. The summed E-state index contributed by atoms with van der Waals surface area (Å²) in [6.07, 6.45) is 5.91. The Kier molecular flexibility index (Phi) is 5.29. The third kappa shape index (κ3) is 3.86. The van der Waals surface area contributed by atoms with Crippen molar-refractivity contribution in [3.8, 4) is 0 Å². The minimum Gasteiger partial charge on any atom is -0.356 e. The van der Waals surface area contributed by atoms with Crippen LogP contribution in [-0.4, -0.2) is 71.5 Å². The normalized spacial score (nSPS) is 22.5. The molecule has 0 radical (unpaired) electrons. The van der Waals surface area contributed by atoms with Gasteiger partial charge in [-0.15, -0.1) is 0 Å². The minimum absolute atomic E-state index is 0.203. The number of thioether (sulfide) groups is 1. The van der Waals surface area contributed by atoms with E-state index in [0.717, 1.165) is 63.7 Å². The fourth-order valence-corrected chi connectivity index (χ4v) is 4.93. The zero-order chi connectivity index (χ0) is 17.1. The summed E-state index contributed by atoms with van der Waals surface area (Å²) in [7, 11) is 0. The van der Waals surface area contributed by atoms with E-state index in [4.69, 9.17) is 0 Å². The van der Waals surface area contributed by atoms with E-state index in [9.17, 15) is 4.79 Å². The van der Waals surface area contributed by atoms with Crippen LogP contribution in [0.5, 0.6) is 0 Å². The number of anilines is 2. The summed E-state index contributed by atoms with van der Waals surface area (Å²) in [6, 6.07) is 2.12. The Morgan fingerprint density at radius 3 is 2.16 bits per heavy atom. The average molecular weight is 362 g/mol. The Morgan fingerprint density at radius 1 is 0.920 bits per heavy atom. The zero-order valence-electron chi connectivity index (χ0n) is 14.8. The molecule has 3 aliphatic rings. The molecule has 3 fully saturated rings. The first-order valence-electron chi connectivity index (χ1n) is 9.50. The van der Waals surface area contributed by atoms with Gasteiger partial charge in [0.05, 0.1) is 0 Å². The number of hydrogen-bond acceptors (Lipinski definition) is 6. The van der Waals surface area contributed by atoms with Gasteiger partial charge in [0, 0.05) is 62.8 Å². The summed E-state index contributed by atoms with van der Waals surface area (Å²) >= 11 is 2.01. The minimum atomic E-state index is 0.203. The number of likely N-dealkylation sites (tertiary alicyclic amines) is 1. The van der Waals surface area contributed by atoms with E-state index in [1.807, 2.05) is 11.8 Å². The molecule has 0 spiro atoms. The van der Waals surface area contributed by atoms with Crippen molar-refractivity contribution in [2.45, 2.75) is 25.7 Å². The number of carbonyl (C=O) groups is 1. The number of amides is 1. The topological polar surface area (TPSA) is 52.6 Å². The highest BCUT2D eigenvalue weighted by Crippen LogP contribution is 2.26. The van der Waals surface area contributed by atoms with Crippen LogP contribution in [0.15, 0.2) is 12.4 Å². The molecule has 6 nitrogen and oxygen atoms in total. The summed E-state index contributed by atoms with van der Waals surface area (Å²) in [6.45, 7) is 5.87. The molecular formula is C18H27N5OS. The van der Waals surface area contributed by atoms with Crippen LogP contribution >= 0.6 is 11.8 Å². The van der Waals surface area contributed by atoms with Crippen molar-refractivity contribution in [1.82, 2.24) is 14.9 Å². The quantitative estimate of drug-likeness (QED) is 0.819. The molecule has 0 aliphatic carbocycles. The lowest BCUT2D eigenvalue weighted by Gasteiger charge is -2.34. The van der Waals surface area contributed by atoms with Crippen LogP contribution in [0.25, 0.3) is 0 Å². The van der Waals surface area contributed by atoms with Crippen molar-refractivity contribution in [3.63, 3.8) is 0 Å². The van der Waals surface area contributed by atoms with E-state index in [1.54, 1.807) is 6.33 Å². The van der Waals surface area contributed by atoms with Gasteiger partial charge in [-0.05, 0) is 25.7 Å². The van der Waals surface area contributed by atoms with Crippen LogP contribution < -0.4 is 9.80 Å². The van der Waals surface area contributed by atoms with Crippen molar-refractivity contribution in [1.29, 1.82) is 0 Å². The number of rotatable bonds is 3. The molecule has 3 aliphatic heterocycles. The second kappa shape index (κ2) is 7.81. The van der Waals surface area contributed by atoms with Crippen LogP contribution in [0.1, 0.15) is 25.7 Å². The van der Waals surface area contributed by atoms with Gasteiger partial charge in [-0.25, -0.2) is 9.97 Å². The highest BCUT2D eigenvalue weighted by molar-refractivity contribution is 7.99. The van der Waals surface area contributed by atoms with Gasteiger partial charge < -0.3 is 14.7 Å². The summed E-state index contributed by atoms with van der Waals surface area (Å²) in [4.78, 5) is 28.3. The van der Waals surface area contributed by atoms with E-state index < -0.39 is 0 Å². The molecule has 7 heteroatoms. The molecule has 1 aromatic rings. The molecule has 0 N–H and O–H groups in total. The lowest BCUT2D eigenvalue weighted by Crippen LogP contribution is -2.42. The van der Waals surface area contributed by atoms with Crippen LogP contribution in [0.3, 0.4) is 0 Å². The van der Waals surface area contributed by atoms with Gasteiger partial charge in [0.25, 0.3) is 0 Å². The summed E-state index contributed by atoms with van der Waals surface area (Å²) in [5, 5.41) is 0. The summed E-state index contributed by atoms with van der Waals surface area (Å²) in [5.74, 6) is 4.98. The molecule has 4 rings (SSSR count). The number of carbonyl (C=O) groups excluding carboxylic acids is 1. The molecule has 1 amide bonds. The van der Waals surface area contributed by atoms with Gasteiger partial charge in [0.2, 0.25) is 5.91 Å². The predicted octanol–water partition coefficient (Wildman–Crippen LogP) is 1.87. The standard InChI is InChI=1S/C18H27N5OS/c24-18(23-5-1-2-6-23)15-3-7-21(8-4-15)16-13-17(20-14-19-16)22-9-11-25-12-10-22/h13-15H,1-12H2. The second-order valence-corrected chi connectivity index (χ2v) is 8.35. The van der Waals surface area contributed by atoms with Gasteiger partial charge >= 0.3 is 0 Å². The first-order valence-corrected chi connectivity index (χ1v) is 10.7. The van der Waals surface area contributed by atoms with Crippen LogP contribution in [0.2, 0.25) is 0 Å². The van der Waals surface area contributed by atoms with Crippen LogP contribution in [0, 0.1) is 5.92 Å². The average Bonchev–Trinajstić information content (AvgIpc) is 3.23. The third-order valence-corrected chi connectivity index (χ3v) is 6.50. The fraction of sp³-hybridized carbons (Fsp3) is 0.722. The van der Waals surface area contributed by atoms with E-state index in [-0.39, 0.29) is 5.92 Å². The highest BCUT2D eigenvalue weighted by atomic mass is 32.2. The smallest absolute Gasteiger partial charge is 0.225 e. The molecule has 0 atom stereocenters. The van der Waals surface area contributed by atoms with Crippen molar-refractivity contribution >= 4 is 29.3 Å². The molecule has 0 saturated carbocycles. The molecule has 1 aromatic heterocycles. The van der Waals surface area contributed by atoms with Crippen LogP contribution in [-0.2, 0) is 4.79 Å². The van der Waals surface area contributed by atoms with Crippen molar-refractivity contribution in [2.24, 2.45) is 5.92 Å². The Balaban J connectivity index is 1.36. The van der Waals surface area contributed by atoms with Crippen molar-refractivity contribution in [2.75, 3.05) is 60.6 Å². The second-order valence-electron chi connectivity index (χ2n) is 7.13. The maximum atomic E-state index is 12.6. The maximum Gasteiger partial charge on any atom is 0.225 e. The van der Waals surface area contributed by atoms with Crippen molar-refractivity contribution < 1.29 is 4.79 Å². The Hall–Kier alpha value is -1.50. The fourth-order valence-electron chi connectivity index (χ4n) is 4.03. The SMILES string of the molecule is O=C(C1CCN(c2cc(N3CCSCC3)ncn2)CC1)N1CCCC1. The monoisotopic (exact) mass is 361 g/mol. The molecule has 0 bridgehead atoms. The van der Waals surface area contributed by atoms with Gasteiger partial charge in [-0.1, -0.05) is 0 Å². The zero-order valence-corrected chi connectivity index (χ0v) is 15.6. The maximum absolute atomic E-state index is 12.6. The molecular weight excluding hydrogens is 334 g/mol. The molecule has 136 valence electrons. The summed E-state index contributed by atoms with van der Waals surface area (Å²) in [5.41, 5.74) is 0. The van der Waals surface area contributed by atoms with E-state index in [2.05, 4.69) is 30.7 Å². The van der Waals surface area contributed by atoms with Gasteiger partial charge in [0.1, 0.15) is 18.0 Å². The molecule has 0 aromatic carbocycles. The van der Waals surface area contributed by atoms with E-state index in [0.29, 0.717) is 5.91 Å². The van der Waals surface area contributed by atoms with E-state index >= 15 is 0 Å². The Morgan fingerprint density at radius 2 is 1.52 bits per heavy atom. The molecule has 0 unspecified atom stereocenters. The predicted molar refractivity (Wildman–Crippen MR) is 102 cm³/mol. The number of piperidine rings is 1. The Labute approximate surface area is 154 Å². The lowest BCUT2D eigenvalue weighted by molar-refractivity contribution is -0.135. The lowest BCUT2D eigenvalue weighted by atomic mass is 9.95. The molecule has 3 saturated heterocycles. The summed E-state index contributed by atoms with van der Waals surface area (Å²) < 4.78 is 0. The number of hydrogen-bond donors (Lipinski definition) is 0. The van der Waals surface area contributed by atoms with Crippen LogP contribution in [0.4, 0.5) is 11.6 Å². The van der Waals surface area contributed by atoms with Gasteiger partial charge in [-0.2, -0.15) is 11.8 Å². The van der Waals surface area contributed by atoms with Crippen molar-refractivity contribution in [3.05, 3.63) is 12.4 Å². The molecule has 4 heterocycles. The Bertz CT molecular complexity index is 593. The number of aromatic nitrogens is 2. The first-order chi connectivity index (χ1) is 12.3. The molecule has 25 heavy (non-hydrogen) atoms. The largest absolute Gasteiger partial charge is 0.356 e. The highest BCUT2D eigenvalue weighted by Gasteiger charge is 2.30.